The molecule has 0 atom stereocenters. The monoisotopic (exact) mass is 551 g/mol. The standard InChI is InChI=1S/C35H21NO4S/c37-33-28-15-12-22(35(39)40)19-29(28)34(38)30(33)17-21-11-14-26-27-16-13-25(20-32(27)41-31(26)18-21)36(23-7-3-1-4-8-23)24-9-5-2-6-10-24/h1-20H,(H,39,40)/b30-17+. The maximum atomic E-state index is 13.0. The van der Waals surface area contributed by atoms with E-state index in [4.69, 9.17) is 0 Å². The number of rotatable bonds is 5. The molecule has 0 unspecified atom stereocenters. The number of carbonyl (C=O) groups is 3. The van der Waals surface area contributed by atoms with Gasteiger partial charge in [0.05, 0.1) is 11.1 Å². The summed E-state index contributed by atoms with van der Waals surface area (Å²) in [5.74, 6) is -1.97. The molecule has 0 amide bonds. The summed E-state index contributed by atoms with van der Waals surface area (Å²) in [6.07, 6.45) is 1.60. The third kappa shape index (κ3) is 4.22. The summed E-state index contributed by atoms with van der Waals surface area (Å²) in [5.41, 5.74) is 4.32. The van der Waals surface area contributed by atoms with Crippen LogP contribution in [0.1, 0.15) is 36.6 Å². The van der Waals surface area contributed by atoms with Crippen molar-refractivity contribution >= 4 is 72.2 Å². The minimum Gasteiger partial charge on any atom is -0.478 e. The van der Waals surface area contributed by atoms with Crippen LogP contribution in [0.5, 0.6) is 0 Å². The van der Waals surface area contributed by atoms with Crippen molar-refractivity contribution in [3.63, 3.8) is 0 Å². The zero-order chi connectivity index (χ0) is 28.1. The molecule has 0 spiro atoms. The number of carboxylic acid groups (broad SMARTS) is 1. The SMILES string of the molecule is O=C(O)c1ccc2c(c1)C(=O)/C(=C/c1ccc3c(c1)sc1cc(N(c4ccccc4)c4ccccc4)ccc13)C2=O. The number of benzene rings is 5. The zero-order valence-electron chi connectivity index (χ0n) is 21.6. The smallest absolute Gasteiger partial charge is 0.335 e. The zero-order valence-corrected chi connectivity index (χ0v) is 22.4. The Hall–Kier alpha value is -5.33. The van der Waals surface area contributed by atoms with Crippen molar-refractivity contribution in [1.82, 2.24) is 0 Å². The van der Waals surface area contributed by atoms with E-state index in [-0.39, 0.29) is 28.0 Å². The van der Waals surface area contributed by atoms with Crippen LogP contribution in [0.2, 0.25) is 0 Å². The van der Waals surface area contributed by atoms with Gasteiger partial charge in [-0.2, -0.15) is 0 Å². The summed E-state index contributed by atoms with van der Waals surface area (Å²) in [7, 11) is 0. The van der Waals surface area contributed by atoms with E-state index in [1.54, 1.807) is 17.4 Å². The van der Waals surface area contributed by atoms with Gasteiger partial charge in [0.1, 0.15) is 0 Å². The number of nitrogens with zero attached hydrogens (tertiary/aromatic N) is 1. The van der Waals surface area contributed by atoms with Gasteiger partial charge in [-0.05, 0) is 72.3 Å². The molecule has 6 aromatic rings. The Balaban J connectivity index is 1.28. The number of fused-ring (bicyclic) bond motifs is 4. The van der Waals surface area contributed by atoms with E-state index in [0.717, 1.165) is 42.8 Å². The lowest BCUT2D eigenvalue weighted by molar-refractivity contribution is 0.0696. The first kappa shape index (κ1) is 24.7. The fourth-order valence-corrected chi connectivity index (χ4v) is 6.55. The van der Waals surface area contributed by atoms with Crippen LogP contribution >= 0.6 is 11.3 Å². The summed E-state index contributed by atoms with van der Waals surface area (Å²) in [5, 5.41) is 11.5. The fraction of sp³-hybridized carbons (Fsp3) is 0. The highest BCUT2D eigenvalue weighted by molar-refractivity contribution is 7.25. The van der Waals surface area contributed by atoms with Gasteiger partial charge in [-0.1, -0.05) is 54.6 Å². The molecule has 6 heteroatoms. The van der Waals surface area contributed by atoms with Gasteiger partial charge in [0, 0.05) is 48.4 Å². The second-order valence-corrected chi connectivity index (χ2v) is 10.9. The number of para-hydroxylation sites is 2. The average molecular weight is 552 g/mol. The van der Waals surface area contributed by atoms with Crippen molar-refractivity contribution < 1.29 is 19.5 Å². The Morgan fingerprint density at radius 1 is 0.634 bits per heavy atom. The summed E-state index contributed by atoms with van der Waals surface area (Å²) in [4.78, 5) is 39.6. The molecular weight excluding hydrogens is 530 g/mol. The molecule has 0 saturated heterocycles. The van der Waals surface area contributed by atoms with Crippen molar-refractivity contribution in [3.05, 3.63) is 143 Å². The van der Waals surface area contributed by atoms with Crippen molar-refractivity contribution in [2.24, 2.45) is 0 Å². The van der Waals surface area contributed by atoms with E-state index in [9.17, 15) is 19.5 Å². The highest BCUT2D eigenvalue weighted by Gasteiger charge is 2.33. The topological polar surface area (TPSA) is 74.7 Å². The van der Waals surface area contributed by atoms with Gasteiger partial charge in [-0.25, -0.2) is 4.79 Å². The maximum Gasteiger partial charge on any atom is 0.335 e. The molecule has 0 saturated carbocycles. The van der Waals surface area contributed by atoms with Crippen LogP contribution in [-0.4, -0.2) is 22.6 Å². The predicted octanol–water partition coefficient (Wildman–Crippen LogP) is 8.69. The Kier molecular flexibility index (Phi) is 5.84. The highest BCUT2D eigenvalue weighted by atomic mass is 32.1. The number of aromatic carboxylic acids is 1. The molecule has 5 aromatic carbocycles. The highest BCUT2D eigenvalue weighted by Crippen LogP contribution is 2.41. The van der Waals surface area contributed by atoms with Crippen LogP contribution in [0.15, 0.2) is 121 Å². The Labute approximate surface area is 239 Å². The minimum atomic E-state index is -1.14. The van der Waals surface area contributed by atoms with E-state index >= 15 is 0 Å². The molecule has 1 aliphatic rings. The number of anilines is 3. The molecule has 1 heterocycles. The number of Topliss-reactive ketones (excluding diaryl/α,β-unsaturated/α-hetero) is 2. The summed E-state index contributed by atoms with van der Waals surface area (Å²) < 4.78 is 2.17. The molecule has 196 valence electrons. The van der Waals surface area contributed by atoms with Gasteiger partial charge >= 0.3 is 5.97 Å². The van der Waals surface area contributed by atoms with E-state index in [1.807, 2.05) is 54.6 Å². The normalized spacial score (nSPS) is 13.7. The largest absolute Gasteiger partial charge is 0.478 e. The van der Waals surface area contributed by atoms with E-state index in [1.165, 1.54) is 18.2 Å². The van der Waals surface area contributed by atoms with Crippen molar-refractivity contribution in [3.8, 4) is 0 Å². The minimum absolute atomic E-state index is 0.0182. The number of thiophene rings is 1. The van der Waals surface area contributed by atoms with Gasteiger partial charge in [-0.3, -0.25) is 9.59 Å². The van der Waals surface area contributed by atoms with Gasteiger partial charge in [0.15, 0.2) is 11.6 Å². The van der Waals surface area contributed by atoms with Gasteiger partial charge < -0.3 is 10.0 Å². The van der Waals surface area contributed by atoms with Gasteiger partial charge in [-0.15, -0.1) is 11.3 Å². The van der Waals surface area contributed by atoms with Crippen LogP contribution in [0, 0.1) is 0 Å². The quantitative estimate of drug-likeness (QED) is 0.171. The molecule has 1 aliphatic carbocycles. The predicted molar refractivity (Wildman–Crippen MR) is 164 cm³/mol. The Morgan fingerprint density at radius 3 is 1.90 bits per heavy atom. The number of ketones is 2. The Morgan fingerprint density at radius 2 is 1.24 bits per heavy atom. The molecule has 1 aromatic heterocycles. The molecule has 7 rings (SSSR count). The molecule has 5 nitrogen and oxygen atoms in total. The molecule has 0 radical (unpaired) electrons. The lowest BCUT2D eigenvalue weighted by Gasteiger charge is -2.25. The van der Waals surface area contributed by atoms with E-state index < -0.39 is 11.8 Å². The van der Waals surface area contributed by atoms with Crippen molar-refractivity contribution in [1.29, 1.82) is 0 Å². The first-order valence-corrected chi connectivity index (χ1v) is 13.8. The molecule has 0 bridgehead atoms. The fourth-order valence-electron chi connectivity index (χ4n) is 5.37. The van der Waals surface area contributed by atoms with Crippen LogP contribution in [0.3, 0.4) is 0 Å². The first-order chi connectivity index (χ1) is 20.0. The summed E-state index contributed by atoms with van der Waals surface area (Å²) >= 11 is 1.66. The molecule has 0 fully saturated rings. The number of hydrogen-bond donors (Lipinski definition) is 1. The third-order valence-electron chi connectivity index (χ3n) is 7.32. The van der Waals surface area contributed by atoms with Gasteiger partial charge in [0.25, 0.3) is 0 Å². The number of carboxylic acids is 1. The third-order valence-corrected chi connectivity index (χ3v) is 8.44. The molecule has 41 heavy (non-hydrogen) atoms. The van der Waals surface area contributed by atoms with Crippen molar-refractivity contribution in [2.45, 2.75) is 0 Å². The van der Waals surface area contributed by atoms with Crippen molar-refractivity contribution in [2.75, 3.05) is 4.90 Å². The van der Waals surface area contributed by atoms with Crippen LogP contribution in [-0.2, 0) is 0 Å². The summed E-state index contributed by atoms with van der Waals surface area (Å²) in [6, 6.07) is 36.9. The summed E-state index contributed by atoms with van der Waals surface area (Å²) in [6.45, 7) is 0. The van der Waals surface area contributed by atoms with Crippen LogP contribution in [0.25, 0.3) is 26.2 Å². The second-order valence-electron chi connectivity index (χ2n) is 9.83. The lowest BCUT2D eigenvalue weighted by atomic mass is 10.0. The maximum absolute atomic E-state index is 13.0. The average Bonchev–Trinajstić information content (AvgIpc) is 3.47. The number of allylic oxidation sites excluding steroid dienone is 1. The van der Waals surface area contributed by atoms with E-state index in [0.29, 0.717) is 0 Å². The number of carbonyl (C=O) groups excluding carboxylic acids is 2. The second kappa shape index (κ2) is 9.70. The Bertz CT molecular complexity index is 2020. The molecule has 1 N–H and O–H groups in total. The van der Waals surface area contributed by atoms with Crippen LogP contribution in [0.4, 0.5) is 17.1 Å². The molecular formula is C35H21NO4S. The van der Waals surface area contributed by atoms with Gasteiger partial charge in [0.2, 0.25) is 0 Å². The molecule has 0 aliphatic heterocycles. The first-order valence-electron chi connectivity index (χ1n) is 13.0. The van der Waals surface area contributed by atoms with Crippen LogP contribution < -0.4 is 4.90 Å². The van der Waals surface area contributed by atoms with E-state index in [2.05, 4.69) is 47.4 Å². The number of hydrogen-bond acceptors (Lipinski definition) is 5. The lowest BCUT2D eigenvalue weighted by Crippen LogP contribution is -2.09.